The zero-order valence-corrected chi connectivity index (χ0v) is 19.0. The Morgan fingerprint density at radius 2 is 1.40 bits per heavy atom. The largest absolute Gasteiger partial charge is 0.508 e. The van der Waals surface area contributed by atoms with Crippen molar-refractivity contribution in [1.29, 1.82) is 0 Å². The second-order valence-electron chi connectivity index (χ2n) is 7.84. The summed E-state index contributed by atoms with van der Waals surface area (Å²) in [5, 5.41) is 25.4. The monoisotopic (exact) mass is 494 g/mol. The Balaban J connectivity index is 3.12. The lowest BCUT2D eigenvalue weighted by molar-refractivity contribution is -0.142. The van der Waals surface area contributed by atoms with E-state index in [2.05, 4.69) is 16.0 Å². The van der Waals surface area contributed by atoms with Crippen LogP contribution in [0.25, 0.3) is 0 Å². The summed E-state index contributed by atoms with van der Waals surface area (Å²) in [6.07, 6.45) is -1.11. The van der Waals surface area contributed by atoms with Crippen molar-refractivity contribution in [3.8, 4) is 5.75 Å². The Bertz CT molecular complexity index is 952. The van der Waals surface area contributed by atoms with Crippen LogP contribution in [0.5, 0.6) is 5.75 Å². The highest BCUT2D eigenvalue weighted by Gasteiger charge is 2.30. The Hall–Kier alpha value is -4.20. The molecule has 0 heterocycles. The minimum absolute atomic E-state index is 0.0296. The van der Waals surface area contributed by atoms with Crippen LogP contribution in [0.3, 0.4) is 0 Å². The minimum Gasteiger partial charge on any atom is -0.508 e. The number of nitrogens with one attached hydrogen (secondary N) is 3. The molecule has 35 heavy (non-hydrogen) atoms. The molecule has 0 saturated carbocycles. The molecule has 0 fully saturated rings. The Morgan fingerprint density at radius 3 is 1.91 bits per heavy atom. The Kier molecular flexibility index (Phi) is 11.1. The van der Waals surface area contributed by atoms with Gasteiger partial charge in [0.05, 0.1) is 12.5 Å². The maximum absolute atomic E-state index is 13.1. The number of amides is 5. The maximum Gasteiger partial charge on any atom is 0.325 e. The number of phenols is 1. The van der Waals surface area contributed by atoms with Crippen LogP contribution in [0, 0.1) is 0 Å². The van der Waals surface area contributed by atoms with Gasteiger partial charge in [-0.1, -0.05) is 12.1 Å². The fourth-order valence-corrected chi connectivity index (χ4v) is 2.87. The maximum atomic E-state index is 13.1. The Morgan fingerprint density at radius 1 is 0.857 bits per heavy atom. The van der Waals surface area contributed by atoms with E-state index in [1.54, 1.807) is 0 Å². The van der Waals surface area contributed by atoms with E-state index >= 15 is 0 Å². The highest BCUT2D eigenvalue weighted by atomic mass is 16.4. The number of aromatic hydroxyl groups is 1. The SMILES string of the molecule is CC(NC(=O)C(CCC(N)=O)NC(=O)C(Cc1ccc(O)cc1)NC(=O)C(N)CC(N)=O)C(=O)O. The summed E-state index contributed by atoms with van der Waals surface area (Å²) in [6, 6.07) is 0.445. The molecule has 14 nitrogen and oxygen atoms in total. The molecular formula is C21H30N6O8. The third-order valence-electron chi connectivity index (χ3n) is 4.81. The molecule has 14 heteroatoms. The van der Waals surface area contributed by atoms with Crippen molar-refractivity contribution in [2.75, 3.05) is 0 Å². The fourth-order valence-electron chi connectivity index (χ4n) is 2.87. The number of hydrogen-bond acceptors (Lipinski definition) is 8. The van der Waals surface area contributed by atoms with Gasteiger partial charge in [0.15, 0.2) is 0 Å². The molecule has 5 amide bonds. The zero-order valence-electron chi connectivity index (χ0n) is 19.0. The summed E-state index contributed by atoms with van der Waals surface area (Å²) in [7, 11) is 0. The van der Waals surface area contributed by atoms with Gasteiger partial charge < -0.3 is 43.4 Å². The summed E-state index contributed by atoms with van der Waals surface area (Å²) >= 11 is 0. The van der Waals surface area contributed by atoms with Gasteiger partial charge in [-0.3, -0.25) is 28.8 Å². The van der Waals surface area contributed by atoms with E-state index in [0.29, 0.717) is 5.56 Å². The number of hydrogen-bond donors (Lipinski definition) is 8. The molecule has 0 radical (unpaired) electrons. The highest BCUT2D eigenvalue weighted by molar-refractivity contribution is 5.95. The van der Waals surface area contributed by atoms with E-state index < -0.39 is 66.1 Å². The molecule has 0 saturated heterocycles. The smallest absolute Gasteiger partial charge is 0.325 e. The molecule has 1 aromatic carbocycles. The van der Waals surface area contributed by atoms with Crippen LogP contribution in [0.1, 0.15) is 31.7 Å². The summed E-state index contributed by atoms with van der Waals surface area (Å²) < 4.78 is 0. The van der Waals surface area contributed by atoms with Gasteiger partial charge in [-0.2, -0.15) is 0 Å². The van der Waals surface area contributed by atoms with E-state index in [4.69, 9.17) is 22.3 Å². The van der Waals surface area contributed by atoms with Crippen molar-refractivity contribution in [3.05, 3.63) is 29.8 Å². The summed E-state index contributed by atoms with van der Waals surface area (Å²) in [4.78, 5) is 71.4. The quantitative estimate of drug-likeness (QED) is 0.130. The summed E-state index contributed by atoms with van der Waals surface area (Å²) in [5.74, 6) is -5.53. The number of phenolic OH excluding ortho intramolecular Hbond substituents is 1. The standard InChI is InChI=1S/C21H30N6O8/c1-10(21(34)35)25-19(32)14(6-7-16(23)29)26-20(33)15(8-11-2-4-12(28)5-3-11)27-18(31)13(22)9-17(24)30/h2-5,10,13-15,28H,6-9,22H2,1H3,(H2,23,29)(H2,24,30)(H,25,32)(H,26,33)(H,27,31)(H,34,35). The van der Waals surface area contributed by atoms with Gasteiger partial charge in [-0.15, -0.1) is 0 Å². The predicted molar refractivity (Wildman–Crippen MR) is 121 cm³/mol. The fraction of sp³-hybridized carbons (Fsp3) is 0.429. The second kappa shape index (κ2) is 13.5. The number of carboxylic acid groups (broad SMARTS) is 1. The number of aliphatic carboxylic acids is 1. The topological polar surface area (TPSA) is 257 Å². The number of carbonyl (C=O) groups excluding carboxylic acids is 5. The summed E-state index contributed by atoms with van der Waals surface area (Å²) in [5.41, 5.74) is 16.3. The first-order valence-corrected chi connectivity index (χ1v) is 10.5. The molecule has 1 rings (SSSR count). The minimum atomic E-state index is -1.35. The van der Waals surface area contributed by atoms with Gasteiger partial charge >= 0.3 is 5.97 Å². The van der Waals surface area contributed by atoms with Crippen molar-refractivity contribution < 1.29 is 39.0 Å². The molecule has 4 unspecified atom stereocenters. The number of nitrogens with two attached hydrogens (primary N) is 3. The van der Waals surface area contributed by atoms with Gasteiger partial charge in [0.1, 0.15) is 23.9 Å². The van der Waals surface area contributed by atoms with Crippen LogP contribution < -0.4 is 33.2 Å². The van der Waals surface area contributed by atoms with Gasteiger partial charge in [-0.05, 0) is 31.0 Å². The van der Waals surface area contributed by atoms with E-state index in [0.717, 1.165) is 0 Å². The number of carbonyl (C=O) groups is 6. The average molecular weight is 495 g/mol. The van der Waals surface area contributed by atoms with Gasteiger partial charge in [-0.25, -0.2) is 0 Å². The van der Waals surface area contributed by atoms with Crippen molar-refractivity contribution in [2.24, 2.45) is 17.2 Å². The van der Waals surface area contributed by atoms with E-state index in [-0.39, 0.29) is 25.0 Å². The van der Waals surface area contributed by atoms with Crippen LogP contribution in [-0.4, -0.2) is 69.9 Å². The van der Waals surface area contributed by atoms with E-state index in [1.807, 2.05) is 0 Å². The van der Waals surface area contributed by atoms with Gasteiger partial charge in [0.2, 0.25) is 29.5 Å². The van der Waals surface area contributed by atoms with Crippen molar-refractivity contribution in [3.63, 3.8) is 0 Å². The summed E-state index contributed by atoms with van der Waals surface area (Å²) in [6.45, 7) is 1.21. The number of benzene rings is 1. The van der Waals surface area contributed by atoms with Crippen molar-refractivity contribution in [2.45, 2.75) is 56.8 Å². The molecule has 0 aliphatic rings. The third-order valence-corrected chi connectivity index (χ3v) is 4.81. The third kappa shape index (κ3) is 10.5. The number of carboxylic acids is 1. The molecule has 192 valence electrons. The molecule has 0 spiro atoms. The molecule has 0 bridgehead atoms. The molecule has 0 aromatic heterocycles. The second-order valence-corrected chi connectivity index (χ2v) is 7.84. The van der Waals surface area contributed by atoms with Crippen molar-refractivity contribution in [1.82, 2.24) is 16.0 Å². The number of primary amides is 2. The van der Waals surface area contributed by atoms with Gasteiger partial charge in [0, 0.05) is 12.8 Å². The first-order valence-electron chi connectivity index (χ1n) is 10.5. The lowest BCUT2D eigenvalue weighted by Crippen LogP contribution is -2.57. The highest BCUT2D eigenvalue weighted by Crippen LogP contribution is 2.12. The molecule has 4 atom stereocenters. The molecular weight excluding hydrogens is 464 g/mol. The number of rotatable bonds is 14. The van der Waals surface area contributed by atoms with Crippen LogP contribution in [0.2, 0.25) is 0 Å². The lowest BCUT2D eigenvalue weighted by atomic mass is 10.0. The normalized spacial score (nSPS) is 14.0. The average Bonchev–Trinajstić information content (AvgIpc) is 2.76. The predicted octanol–water partition coefficient (Wildman–Crippen LogP) is -3.04. The molecule has 0 aliphatic carbocycles. The first-order chi connectivity index (χ1) is 16.3. The zero-order chi connectivity index (χ0) is 26.7. The molecule has 1 aromatic rings. The van der Waals surface area contributed by atoms with Crippen LogP contribution in [0.4, 0.5) is 0 Å². The van der Waals surface area contributed by atoms with Crippen LogP contribution >= 0.6 is 0 Å². The van der Waals surface area contributed by atoms with Gasteiger partial charge in [0.25, 0.3) is 0 Å². The molecule has 11 N–H and O–H groups in total. The van der Waals surface area contributed by atoms with Crippen LogP contribution in [0.15, 0.2) is 24.3 Å². The molecule has 0 aliphatic heterocycles. The van der Waals surface area contributed by atoms with E-state index in [1.165, 1.54) is 31.2 Å². The first kappa shape index (κ1) is 28.8. The van der Waals surface area contributed by atoms with Crippen LogP contribution in [-0.2, 0) is 35.2 Å². The van der Waals surface area contributed by atoms with Crippen molar-refractivity contribution >= 4 is 35.5 Å². The lowest BCUT2D eigenvalue weighted by Gasteiger charge is -2.24. The van der Waals surface area contributed by atoms with E-state index in [9.17, 15) is 33.9 Å². The Labute approximate surface area is 200 Å².